The summed E-state index contributed by atoms with van der Waals surface area (Å²) in [5.74, 6) is 0.692. The largest absolute Gasteiger partial charge is 0.486 e. The first-order chi connectivity index (χ1) is 15.1. The first kappa shape index (κ1) is 25.9. The van der Waals surface area contributed by atoms with Crippen molar-refractivity contribution in [3.8, 4) is 5.75 Å². The average molecular weight is 554 g/mol. The van der Waals surface area contributed by atoms with Crippen molar-refractivity contribution < 1.29 is 13.9 Å². The van der Waals surface area contributed by atoms with Crippen LogP contribution in [-0.4, -0.2) is 43.0 Å². The highest BCUT2D eigenvalue weighted by Crippen LogP contribution is 2.23. The SMILES string of the molecule is CCC(CNC(=NC)NCCCC(=O)N1Cc2ccccc2C1)Oc1ccccc1F.I. The van der Waals surface area contributed by atoms with Crippen LogP contribution >= 0.6 is 24.0 Å². The fraction of sp³-hybridized carbons (Fsp3) is 0.417. The summed E-state index contributed by atoms with van der Waals surface area (Å²) < 4.78 is 19.6. The Bertz CT molecular complexity index is 884. The zero-order valence-corrected chi connectivity index (χ0v) is 21.0. The molecule has 174 valence electrons. The van der Waals surface area contributed by atoms with E-state index >= 15 is 0 Å². The van der Waals surface area contributed by atoms with E-state index in [1.54, 1.807) is 25.2 Å². The molecule has 0 aliphatic carbocycles. The van der Waals surface area contributed by atoms with Gasteiger partial charge in [0.25, 0.3) is 0 Å². The highest BCUT2D eigenvalue weighted by atomic mass is 127. The molecule has 0 saturated carbocycles. The highest BCUT2D eigenvalue weighted by Gasteiger charge is 2.22. The average Bonchev–Trinajstić information content (AvgIpc) is 3.23. The van der Waals surface area contributed by atoms with E-state index in [9.17, 15) is 9.18 Å². The van der Waals surface area contributed by atoms with E-state index in [1.807, 2.05) is 24.0 Å². The number of carbonyl (C=O) groups excluding carboxylic acids is 1. The molecule has 1 aliphatic heterocycles. The minimum absolute atomic E-state index is 0. The zero-order chi connectivity index (χ0) is 22.1. The number of guanidine groups is 1. The maximum atomic E-state index is 13.8. The number of fused-ring (bicyclic) bond motifs is 1. The normalized spacial score (nSPS) is 13.7. The maximum Gasteiger partial charge on any atom is 0.223 e. The topological polar surface area (TPSA) is 66.0 Å². The second-order valence-corrected chi connectivity index (χ2v) is 7.58. The van der Waals surface area contributed by atoms with Gasteiger partial charge in [0.2, 0.25) is 5.91 Å². The van der Waals surface area contributed by atoms with Gasteiger partial charge in [-0.1, -0.05) is 43.3 Å². The van der Waals surface area contributed by atoms with E-state index < -0.39 is 0 Å². The third-order valence-corrected chi connectivity index (χ3v) is 5.36. The summed E-state index contributed by atoms with van der Waals surface area (Å²) in [6, 6.07) is 14.6. The van der Waals surface area contributed by atoms with Gasteiger partial charge in [0.1, 0.15) is 6.10 Å². The number of hydrogen-bond donors (Lipinski definition) is 2. The van der Waals surface area contributed by atoms with Crippen LogP contribution in [0.15, 0.2) is 53.5 Å². The molecule has 2 aromatic carbocycles. The Balaban J connectivity index is 0.00000363. The second kappa shape index (κ2) is 13.2. The summed E-state index contributed by atoms with van der Waals surface area (Å²) in [4.78, 5) is 18.6. The van der Waals surface area contributed by atoms with Crippen molar-refractivity contribution in [3.05, 3.63) is 65.5 Å². The molecule has 1 atom stereocenters. The molecule has 32 heavy (non-hydrogen) atoms. The summed E-state index contributed by atoms with van der Waals surface area (Å²) in [6.07, 6.45) is 1.75. The molecule has 0 bridgehead atoms. The highest BCUT2D eigenvalue weighted by molar-refractivity contribution is 14.0. The van der Waals surface area contributed by atoms with Gasteiger partial charge < -0.3 is 20.3 Å². The Labute approximate surface area is 206 Å². The van der Waals surface area contributed by atoms with Crippen molar-refractivity contribution >= 4 is 35.8 Å². The fourth-order valence-electron chi connectivity index (χ4n) is 3.53. The summed E-state index contributed by atoms with van der Waals surface area (Å²) in [5.41, 5.74) is 2.48. The quantitative estimate of drug-likeness (QED) is 0.212. The Hall–Kier alpha value is -2.36. The third kappa shape index (κ3) is 7.36. The number of halogens is 2. The van der Waals surface area contributed by atoms with Crippen LogP contribution in [0.2, 0.25) is 0 Å². The van der Waals surface area contributed by atoms with E-state index in [-0.39, 0.29) is 47.6 Å². The third-order valence-electron chi connectivity index (χ3n) is 5.36. The number of para-hydroxylation sites is 1. The van der Waals surface area contributed by atoms with Crippen LogP contribution in [0.25, 0.3) is 0 Å². The van der Waals surface area contributed by atoms with Crippen molar-refractivity contribution in [3.63, 3.8) is 0 Å². The molecule has 0 spiro atoms. The molecule has 0 saturated heterocycles. The van der Waals surface area contributed by atoms with Gasteiger partial charge in [-0.25, -0.2) is 4.39 Å². The molecular weight excluding hydrogens is 522 g/mol. The number of carbonyl (C=O) groups is 1. The van der Waals surface area contributed by atoms with Gasteiger partial charge >= 0.3 is 0 Å². The van der Waals surface area contributed by atoms with Gasteiger partial charge in [-0.2, -0.15) is 0 Å². The van der Waals surface area contributed by atoms with Gasteiger partial charge in [-0.3, -0.25) is 9.79 Å². The van der Waals surface area contributed by atoms with Crippen molar-refractivity contribution in [2.24, 2.45) is 4.99 Å². The van der Waals surface area contributed by atoms with Gasteiger partial charge in [0, 0.05) is 33.1 Å². The van der Waals surface area contributed by atoms with Crippen LogP contribution in [0.5, 0.6) is 5.75 Å². The van der Waals surface area contributed by atoms with E-state index in [0.29, 0.717) is 38.6 Å². The predicted octanol–water partition coefficient (Wildman–Crippen LogP) is 4.09. The van der Waals surface area contributed by atoms with E-state index in [2.05, 4.69) is 27.8 Å². The van der Waals surface area contributed by atoms with Crippen LogP contribution in [-0.2, 0) is 17.9 Å². The fourth-order valence-corrected chi connectivity index (χ4v) is 3.53. The van der Waals surface area contributed by atoms with Gasteiger partial charge in [-0.05, 0) is 36.1 Å². The van der Waals surface area contributed by atoms with Gasteiger partial charge in [0.15, 0.2) is 17.5 Å². The number of aliphatic imine (C=N–C) groups is 1. The molecule has 1 amide bonds. The van der Waals surface area contributed by atoms with Crippen LogP contribution in [0.3, 0.4) is 0 Å². The van der Waals surface area contributed by atoms with E-state index in [4.69, 9.17) is 4.74 Å². The molecule has 0 radical (unpaired) electrons. The predicted molar refractivity (Wildman–Crippen MR) is 136 cm³/mol. The summed E-state index contributed by atoms with van der Waals surface area (Å²) in [5, 5.41) is 6.44. The van der Waals surface area contributed by atoms with Gasteiger partial charge in [0.05, 0.1) is 6.54 Å². The maximum absolute atomic E-state index is 13.8. The molecule has 0 aromatic heterocycles. The summed E-state index contributed by atoms with van der Waals surface area (Å²) >= 11 is 0. The lowest BCUT2D eigenvalue weighted by molar-refractivity contribution is -0.131. The molecule has 6 nitrogen and oxygen atoms in total. The minimum Gasteiger partial charge on any atom is -0.486 e. The molecule has 1 aliphatic rings. The molecule has 8 heteroatoms. The lowest BCUT2D eigenvalue weighted by Gasteiger charge is -2.20. The summed E-state index contributed by atoms with van der Waals surface area (Å²) in [6.45, 7) is 4.52. The Morgan fingerprint density at radius 1 is 1.12 bits per heavy atom. The molecule has 0 fully saturated rings. The number of benzene rings is 2. The molecule has 1 heterocycles. The smallest absolute Gasteiger partial charge is 0.223 e. The Morgan fingerprint density at radius 2 is 1.78 bits per heavy atom. The lowest BCUT2D eigenvalue weighted by Crippen LogP contribution is -2.43. The van der Waals surface area contributed by atoms with Crippen molar-refractivity contribution in [1.82, 2.24) is 15.5 Å². The standard InChI is InChI=1S/C24H31FN4O2.HI/c1-3-20(31-22-12-7-6-11-21(22)25)15-28-24(26-2)27-14-8-13-23(30)29-16-18-9-4-5-10-19(18)17-29;/h4-7,9-12,20H,3,8,13-17H2,1-2H3,(H2,26,27,28);1H. The van der Waals surface area contributed by atoms with Crippen molar-refractivity contribution in [2.75, 3.05) is 20.1 Å². The first-order valence-corrected chi connectivity index (χ1v) is 10.8. The number of ether oxygens (including phenoxy) is 1. The number of rotatable bonds is 9. The number of nitrogens with zero attached hydrogens (tertiary/aromatic N) is 2. The molecule has 2 aromatic rings. The van der Waals surface area contributed by atoms with Crippen molar-refractivity contribution in [1.29, 1.82) is 0 Å². The molecule has 2 N–H and O–H groups in total. The zero-order valence-electron chi connectivity index (χ0n) is 18.6. The second-order valence-electron chi connectivity index (χ2n) is 7.58. The van der Waals surface area contributed by atoms with Crippen LogP contribution in [0.4, 0.5) is 4.39 Å². The Morgan fingerprint density at radius 3 is 2.41 bits per heavy atom. The lowest BCUT2D eigenvalue weighted by atomic mass is 10.1. The first-order valence-electron chi connectivity index (χ1n) is 10.8. The van der Waals surface area contributed by atoms with E-state index in [1.165, 1.54) is 17.2 Å². The van der Waals surface area contributed by atoms with Crippen molar-refractivity contribution in [2.45, 2.75) is 45.4 Å². The Kier molecular flexibility index (Phi) is 10.7. The minimum atomic E-state index is -0.366. The number of amides is 1. The number of nitrogens with one attached hydrogen (secondary N) is 2. The molecular formula is C24H32FIN4O2. The number of hydrogen-bond acceptors (Lipinski definition) is 3. The molecule has 1 unspecified atom stereocenters. The van der Waals surface area contributed by atoms with Crippen LogP contribution in [0, 0.1) is 5.82 Å². The van der Waals surface area contributed by atoms with Crippen LogP contribution in [0.1, 0.15) is 37.3 Å². The van der Waals surface area contributed by atoms with E-state index in [0.717, 1.165) is 12.8 Å². The van der Waals surface area contributed by atoms with Gasteiger partial charge in [-0.15, -0.1) is 24.0 Å². The molecule has 3 rings (SSSR count). The monoisotopic (exact) mass is 554 g/mol. The summed E-state index contributed by atoms with van der Waals surface area (Å²) in [7, 11) is 1.70. The van der Waals surface area contributed by atoms with Crippen LogP contribution < -0.4 is 15.4 Å².